The van der Waals surface area contributed by atoms with Crippen molar-refractivity contribution in [3.63, 3.8) is 0 Å². The van der Waals surface area contributed by atoms with Gasteiger partial charge < -0.3 is 15.6 Å². The van der Waals surface area contributed by atoms with Crippen LogP contribution in [-0.4, -0.2) is 25.2 Å². The van der Waals surface area contributed by atoms with E-state index in [4.69, 9.17) is 0 Å². The number of nitrogens with one attached hydrogen (secondary N) is 1. The molecule has 0 atom stereocenters. The van der Waals surface area contributed by atoms with Gasteiger partial charge in [0.25, 0.3) is 0 Å². The van der Waals surface area contributed by atoms with E-state index < -0.39 is 6.03 Å². The molecule has 0 aromatic carbocycles. The van der Waals surface area contributed by atoms with E-state index in [2.05, 4.69) is 5.32 Å². The van der Waals surface area contributed by atoms with E-state index in [1.54, 1.807) is 0 Å². The van der Waals surface area contributed by atoms with E-state index >= 15 is 0 Å². The van der Waals surface area contributed by atoms with E-state index in [0.717, 1.165) is 7.05 Å². The summed E-state index contributed by atoms with van der Waals surface area (Å²) in [6.07, 6.45) is 0. The van der Waals surface area contributed by atoms with Gasteiger partial charge in [-0.3, -0.25) is 0 Å². The second-order valence-corrected chi connectivity index (χ2v) is 1.05. The molecule has 0 heterocycles. The van der Waals surface area contributed by atoms with Gasteiger partial charge in [0.05, 0.1) is 0 Å². The summed E-state index contributed by atoms with van der Waals surface area (Å²) in [7, 11) is 2.54. The number of amides is 2. The van der Waals surface area contributed by atoms with Crippen LogP contribution in [0.15, 0.2) is 0 Å². The zero-order valence-corrected chi connectivity index (χ0v) is 4.26. The van der Waals surface area contributed by atoms with Crippen molar-refractivity contribution in [3.8, 4) is 0 Å². The molecule has 0 aliphatic rings. The lowest BCUT2D eigenvalue weighted by atomic mass is 10.9. The SMILES string of the molecule is CNC(=O)N(C)[O-]. The van der Waals surface area contributed by atoms with Crippen molar-refractivity contribution in [2.45, 2.75) is 0 Å². The van der Waals surface area contributed by atoms with Crippen LogP contribution < -0.4 is 5.32 Å². The van der Waals surface area contributed by atoms with E-state index in [0.29, 0.717) is 0 Å². The molecular weight excluding hydrogens is 96.0 g/mol. The summed E-state index contributed by atoms with van der Waals surface area (Å²) in [5.74, 6) is 0. The lowest BCUT2D eigenvalue weighted by Crippen LogP contribution is -2.29. The Balaban J connectivity index is 3.35. The maximum absolute atomic E-state index is 10.0. The van der Waals surface area contributed by atoms with E-state index in [-0.39, 0.29) is 5.06 Å². The third-order valence-electron chi connectivity index (χ3n) is 0.500. The summed E-state index contributed by atoms with van der Waals surface area (Å²) >= 11 is 0. The first-order valence-electron chi connectivity index (χ1n) is 1.81. The second kappa shape index (κ2) is 2.41. The van der Waals surface area contributed by atoms with Gasteiger partial charge in [-0.2, -0.15) is 0 Å². The molecule has 0 fully saturated rings. The van der Waals surface area contributed by atoms with Crippen LogP contribution in [0.25, 0.3) is 0 Å². The Morgan fingerprint density at radius 1 is 1.86 bits per heavy atom. The predicted octanol–water partition coefficient (Wildman–Crippen LogP) is -0.245. The van der Waals surface area contributed by atoms with Crippen LogP contribution in [0.2, 0.25) is 0 Å². The van der Waals surface area contributed by atoms with E-state index in [1.165, 1.54) is 7.05 Å². The van der Waals surface area contributed by atoms with Crippen LogP contribution in [0.1, 0.15) is 0 Å². The van der Waals surface area contributed by atoms with Gasteiger partial charge in [-0.1, -0.05) is 0 Å². The molecule has 1 N–H and O–H groups in total. The highest BCUT2D eigenvalue weighted by atomic mass is 16.5. The molecule has 0 radical (unpaired) electrons. The zero-order chi connectivity index (χ0) is 5.86. The Morgan fingerprint density at radius 2 is 2.29 bits per heavy atom. The standard InChI is InChI=1S/C3H7N2O2/c1-4-3(6)5(2)7/h1-2H3,(H,4,6)/q-1. The second-order valence-electron chi connectivity index (χ2n) is 1.05. The Hall–Kier alpha value is -0.770. The maximum Gasteiger partial charge on any atom is 0.306 e. The van der Waals surface area contributed by atoms with Crippen molar-refractivity contribution in [2.24, 2.45) is 0 Å². The van der Waals surface area contributed by atoms with Gasteiger partial charge in [-0.25, -0.2) is 4.79 Å². The van der Waals surface area contributed by atoms with Gasteiger partial charge in [0, 0.05) is 7.05 Å². The fourth-order valence-electron chi connectivity index (χ4n) is 0.157. The number of hydroxylamine groups is 2. The summed E-state index contributed by atoms with van der Waals surface area (Å²) in [5.41, 5.74) is 0. The molecule has 0 unspecified atom stereocenters. The molecule has 4 nitrogen and oxygen atoms in total. The summed E-state index contributed by atoms with van der Waals surface area (Å²) in [6, 6.07) is -0.625. The smallest absolute Gasteiger partial charge is 0.306 e. The highest BCUT2D eigenvalue weighted by Gasteiger charge is 1.88. The number of carbonyl (C=O) groups is 1. The Bertz CT molecular complexity index is 71.3. The van der Waals surface area contributed by atoms with Crippen molar-refractivity contribution in [2.75, 3.05) is 14.1 Å². The predicted molar refractivity (Wildman–Crippen MR) is 25.6 cm³/mol. The number of rotatable bonds is 0. The Morgan fingerprint density at radius 3 is 2.29 bits per heavy atom. The van der Waals surface area contributed by atoms with E-state index in [1.807, 2.05) is 0 Å². The van der Waals surface area contributed by atoms with Crippen LogP contribution in [0.3, 0.4) is 0 Å². The van der Waals surface area contributed by atoms with Gasteiger partial charge in [0.15, 0.2) is 0 Å². The zero-order valence-electron chi connectivity index (χ0n) is 4.26. The minimum Gasteiger partial charge on any atom is -0.755 e. The Labute approximate surface area is 41.7 Å². The first-order valence-corrected chi connectivity index (χ1v) is 1.81. The minimum atomic E-state index is -0.625. The molecule has 0 rings (SSSR count). The quantitative estimate of drug-likeness (QED) is 0.430. The summed E-state index contributed by atoms with van der Waals surface area (Å²) < 4.78 is 0. The summed E-state index contributed by atoms with van der Waals surface area (Å²) in [4.78, 5) is 10.0. The summed E-state index contributed by atoms with van der Waals surface area (Å²) in [6.45, 7) is 0. The van der Waals surface area contributed by atoms with Crippen molar-refractivity contribution < 1.29 is 4.79 Å². The average Bonchev–Trinajstić information content (AvgIpc) is 1.65. The van der Waals surface area contributed by atoms with Crippen LogP contribution in [0, 0.1) is 5.21 Å². The highest BCUT2D eigenvalue weighted by Crippen LogP contribution is 1.73. The largest absolute Gasteiger partial charge is 0.755 e. The number of urea groups is 1. The maximum atomic E-state index is 10.0. The van der Waals surface area contributed by atoms with Crippen LogP contribution in [-0.2, 0) is 0 Å². The molecular formula is C3H7N2O2-. The Kier molecular flexibility index (Phi) is 2.15. The summed E-state index contributed by atoms with van der Waals surface area (Å²) in [5, 5.41) is 12.2. The number of nitrogens with zero attached hydrogens (tertiary/aromatic N) is 1. The molecule has 2 amide bonds. The van der Waals surface area contributed by atoms with Crippen LogP contribution in [0.5, 0.6) is 0 Å². The van der Waals surface area contributed by atoms with Crippen molar-refractivity contribution in [1.82, 2.24) is 10.4 Å². The van der Waals surface area contributed by atoms with Crippen molar-refractivity contribution >= 4 is 6.03 Å². The average molecular weight is 103 g/mol. The molecule has 0 saturated carbocycles. The normalized spacial score (nSPS) is 7.86. The van der Waals surface area contributed by atoms with Gasteiger partial charge in [-0.05, 0) is 7.05 Å². The minimum absolute atomic E-state index is 0.222. The third-order valence-corrected chi connectivity index (χ3v) is 0.500. The van der Waals surface area contributed by atoms with Gasteiger partial charge in [0.2, 0.25) is 0 Å². The van der Waals surface area contributed by atoms with Crippen molar-refractivity contribution in [3.05, 3.63) is 5.21 Å². The molecule has 0 saturated heterocycles. The van der Waals surface area contributed by atoms with Gasteiger partial charge in [-0.15, -0.1) is 0 Å². The molecule has 4 heteroatoms. The van der Waals surface area contributed by atoms with Gasteiger partial charge >= 0.3 is 6.03 Å². The molecule has 7 heavy (non-hydrogen) atoms. The fraction of sp³-hybridized carbons (Fsp3) is 0.667. The van der Waals surface area contributed by atoms with Crippen molar-refractivity contribution in [1.29, 1.82) is 0 Å². The monoisotopic (exact) mass is 103 g/mol. The lowest BCUT2D eigenvalue weighted by molar-refractivity contribution is 0.224. The molecule has 0 aromatic rings. The topological polar surface area (TPSA) is 55.4 Å². The molecule has 0 spiro atoms. The van der Waals surface area contributed by atoms with E-state index in [9.17, 15) is 10.0 Å². The third kappa shape index (κ3) is 1.99. The van der Waals surface area contributed by atoms with Gasteiger partial charge in [0.1, 0.15) is 0 Å². The number of carbonyl (C=O) groups excluding carboxylic acids is 1. The van der Waals surface area contributed by atoms with Crippen LogP contribution in [0.4, 0.5) is 4.79 Å². The van der Waals surface area contributed by atoms with Crippen LogP contribution >= 0.6 is 0 Å². The number of hydrogen-bond acceptors (Lipinski definition) is 2. The number of hydrogen-bond donors (Lipinski definition) is 1. The highest BCUT2D eigenvalue weighted by molar-refractivity contribution is 5.73. The molecule has 42 valence electrons. The fourth-order valence-corrected chi connectivity index (χ4v) is 0.157. The lowest BCUT2D eigenvalue weighted by Gasteiger charge is -2.20. The molecule has 0 aromatic heterocycles. The first-order chi connectivity index (χ1) is 3.18. The molecule has 0 bridgehead atoms. The molecule has 0 aliphatic carbocycles. The molecule has 0 aliphatic heterocycles. The first kappa shape index (κ1) is 6.23.